The molecule has 0 saturated heterocycles. The van der Waals surface area contributed by atoms with E-state index in [0.29, 0.717) is 40.1 Å². The van der Waals surface area contributed by atoms with Crippen LogP contribution in [0.25, 0.3) is 6.08 Å². The molecule has 9 heteroatoms. The minimum absolute atomic E-state index is 0.161. The van der Waals surface area contributed by atoms with Crippen molar-refractivity contribution in [2.45, 2.75) is 13.8 Å². The molecule has 0 aliphatic rings. The van der Waals surface area contributed by atoms with Crippen molar-refractivity contribution in [3.63, 3.8) is 0 Å². The molecule has 0 bridgehead atoms. The molecule has 0 unspecified atom stereocenters. The lowest BCUT2D eigenvalue weighted by Crippen LogP contribution is -2.20. The molecule has 0 fully saturated rings. The average Bonchev–Trinajstić information content (AvgIpc) is 2.85. The second-order valence-electron chi connectivity index (χ2n) is 7.57. The summed E-state index contributed by atoms with van der Waals surface area (Å²) in [5.41, 5.74) is 2.15. The van der Waals surface area contributed by atoms with Crippen LogP contribution in [-0.2, 0) is 9.59 Å². The third-order valence-corrected chi connectivity index (χ3v) is 5.27. The van der Waals surface area contributed by atoms with Crippen LogP contribution in [-0.4, -0.2) is 25.0 Å². The van der Waals surface area contributed by atoms with E-state index in [2.05, 4.69) is 10.6 Å². The first-order valence-corrected chi connectivity index (χ1v) is 11.3. The molecule has 0 heterocycles. The predicted molar refractivity (Wildman–Crippen MR) is 137 cm³/mol. The zero-order valence-electron chi connectivity index (χ0n) is 19.6. The van der Waals surface area contributed by atoms with Gasteiger partial charge in [0, 0.05) is 16.4 Å². The van der Waals surface area contributed by atoms with Crippen LogP contribution in [0.4, 0.5) is 15.8 Å². The number of ether oxygens (including phenoxy) is 2. The normalized spacial score (nSPS) is 10.8. The molecule has 0 aliphatic carbocycles. The van der Waals surface area contributed by atoms with Crippen LogP contribution >= 0.6 is 11.6 Å². The first-order valence-electron chi connectivity index (χ1n) is 10.9. The summed E-state index contributed by atoms with van der Waals surface area (Å²) in [4.78, 5) is 24.8. The molecule has 0 radical (unpaired) electrons. The van der Waals surface area contributed by atoms with Crippen molar-refractivity contribution in [2.24, 2.45) is 0 Å². The number of hydrogen-bond donors (Lipinski definition) is 2. The smallest absolute Gasteiger partial charge is 0.266 e. The molecule has 3 rings (SSSR count). The van der Waals surface area contributed by atoms with Crippen molar-refractivity contribution in [1.29, 1.82) is 5.26 Å². The highest BCUT2D eigenvalue weighted by Crippen LogP contribution is 2.30. The highest BCUT2D eigenvalue weighted by molar-refractivity contribution is 6.31. The van der Waals surface area contributed by atoms with Gasteiger partial charge in [-0.1, -0.05) is 23.7 Å². The van der Waals surface area contributed by atoms with Gasteiger partial charge < -0.3 is 20.1 Å². The van der Waals surface area contributed by atoms with Crippen LogP contribution in [0.3, 0.4) is 0 Å². The Labute approximate surface area is 213 Å². The van der Waals surface area contributed by atoms with Gasteiger partial charge in [0.25, 0.3) is 11.8 Å². The molecule has 184 valence electrons. The fourth-order valence-corrected chi connectivity index (χ4v) is 3.24. The lowest BCUT2D eigenvalue weighted by atomic mass is 10.1. The molecule has 0 atom stereocenters. The highest BCUT2D eigenvalue weighted by atomic mass is 35.5. The minimum Gasteiger partial charge on any atom is -0.490 e. The van der Waals surface area contributed by atoms with Crippen molar-refractivity contribution >= 4 is 40.9 Å². The van der Waals surface area contributed by atoms with Crippen molar-refractivity contribution in [3.8, 4) is 17.6 Å². The number of halogens is 2. The molecule has 0 aromatic heterocycles. The summed E-state index contributed by atoms with van der Waals surface area (Å²) in [5.74, 6) is -0.804. The number of nitrogens with zero attached hydrogens (tertiary/aromatic N) is 1. The largest absolute Gasteiger partial charge is 0.490 e. The Morgan fingerprint density at radius 1 is 1.00 bits per heavy atom. The highest BCUT2D eigenvalue weighted by Gasteiger charge is 2.13. The van der Waals surface area contributed by atoms with E-state index in [1.807, 2.05) is 13.0 Å². The summed E-state index contributed by atoms with van der Waals surface area (Å²) >= 11 is 6.09. The zero-order valence-corrected chi connectivity index (χ0v) is 20.4. The van der Waals surface area contributed by atoms with E-state index in [0.717, 1.165) is 5.56 Å². The fourth-order valence-electron chi connectivity index (χ4n) is 3.06. The first-order chi connectivity index (χ1) is 17.3. The number of carbonyl (C=O) groups is 2. The van der Waals surface area contributed by atoms with E-state index in [1.54, 1.807) is 43.3 Å². The fraction of sp³-hybridized carbons (Fsp3) is 0.148. The van der Waals surface area contributed by atoms with Gasteiger partial charge in [0.05, 0.1) is 6.61 Å². The summed E-state index contributed by atoms with van der Waals surface area (Å²) in [6, 6.07) is 17.0. The van der Waals surface area contributed by atoms with E-state index in [1.165, 1.54) is 30.3 Å². The standard InChI is InChI=1S/C27H23ClFN3O4/c1-3-35-25-13-18(12-19(15-30)27(34)32-21-9-6-20(29)7-10-21)5-11-24(25)36-16-26(33)31-22-8-4-17(2)23(28)14-22/h4-14H,3,16H2,1-2H3,(H,31,33)(H,32,34)/b19-12+. The Hall–Kier alpha value is -4.35. The topological polar surface area (TPSA) is 100 Å². The number of nitriles is 1. The van der Waals surface area contributed by atoms with E-state index >= 15 is 0 Å². The number of anilines is 2. The molecule has 7 nitrogen and oxygen atoms in total. The van der Waals surface area contributed by atoms with Gasteiger partial charge in [0.15, 0.2) is 18.1 Å². The summed E-state index contributed by atoms with van der Waals surface area (Å²) in [6.45, 7) is 3.71. The molecule has 0 spiro atoms. The molecular formula is C27H23ClFN3O4. The Morgan fingerprint density at radius 2 is 1.72 bits per heavy atom. The third-order valence-electron chi connectivity index (χ3n) is 4.86. The average molecular weight is 508 g/mol. The maximum absolute atomic E-state index is 13.1. The lowest BCUT2D eigenvalue weighted by molar-refractivity contribution is -0.118. The SMILES string of the molecule is CCOc1cc(/C=C(\C#N)C(=O)Nc2ccc(F)cc2)ccc1OCC(=O)Nc1ccc(C)c(Cl)c1. The van der Waals surface area contributed by atoms with Gasteiger partial charge in [-0.3, -0.25) is 9.59 Å². The van der Waals surface area contributed by atoms with E-state index in [-0.39, 0.29) is 18.1 Å². The van der Waals surface area contributed by atoms with Gasteiger partial charge in [0.1, 0.15) is 17.5 Å². The second-order valence-corrected chi connectivity index (χ2v) is 7.98. The molecule has 0 saturated carbocycles. The molecule has 3 aromatic carbocycles. The minimum atomic E-state index is -0.643. The number of benzene rings is 3. The second kappa shape index (κ2) is 12.4. The van der Waals surface area contributed by atoms with Crippen LogP contribution < -0.4 is 20.1 Å². The van der Waals surface area contributed by atoms with Crippen molar-refractivity contribution in [1.82, 2.24) is 0 Å². The molecular weight excluding hydrogens is 485 g/mol. The number of aryl methyl sites for hydroxylation is 1. The summed E-state index contributed by atoms with van der Waals surface area (Å²) < 4.78 is 24.3. The van der Waals surface area contributed by atoms with E-state index < -0.39 is 11.7 Å². The number of hydrogen-bond acceptors (Lipinski definition) is 5. The van der Waals surface area contributed by atoms with E-state index in [4.69, 9.17) is 21.1 Å². The first kappa shape index (κ1) is 26.3. The van der Waals surface area contributed by atoms with Gasteiger partial charge in [-0.05, 0) is 79.6 Å². The number of amides is 2. The van der Waals surface area contributed by atoms with Gasteiger partial charge in [-0.25, -0.2) is 4.39 Å². The van der Waals surface area contributed by atoms with Gasteiger partial charge in [-0.15, -0.1) is 0 Å². The van der Waals surface area contributed by atoms with Crippen LogP contribution in [0, 0.1) is 24.1 Å². The van der Waals surface area contributed by atoms with E-state index in [9.17, 15) is 19.2 Å². The lowest BCUT2D eigenvalue weighted by Gasteiger charge is -2.13. The van der Waals surface area contributed by atoms with Crippen molar-refractivity contribution in [2.75, 3.05) is 23.8 Å². The monoisotopic (exact) mass is 507 g/mol. The van der Waals surface area contributed by atoms with Gasteiger partial charge >= 0.3 is 0 Å². The van der Waals surface area contributed by atoms with Crippen LogP contribution in [0.5, 0.6) is 11.5 Å². The maximum Gasteiger partial charge on any atom is 0.266 e. The van der Waals surface area contributed by atoms with Crippen LogP contribution in [0.2, 0.25) is 5.02 Å². The Bertz CT molecular complexity index is 1330. The number of carbonyl (C=O) groups excluding carboxylic acids is 2. The third kappa shape index (κ3) is 7.32. The van der Waals surface area contributed by atoms with Crippen molar-refractivity contribution in [3.05, 3.63) is 88.2 Å². The molecule has 36 heavy (non-hydrogen) atoms. The number of rotatable bonds is 9. The van der Waals surface area contributed by atoms with Crippen molar-refractivity contribution < 1.29 is 23.5 Å². The van der Waals surface area contributed by atoms with Gasteiger partial charge in [-0.2, -0.15) is 5.26 Å². The maximum atomic E-state index is 13.1. The zero-order chi connectivity index (χ0) is 26.1. The molecule has 3 aromatic rings. The van der Waals surface area contributed by atoms with Crippen LogP contribution in [0.1, 0.15) is 18.1 Å². The quantitative estimate of drug-likeness (QED) is 0.284. The summed E-state index contributed by atoms with van der Waals surface area (Å²) in [6.07, 6.45) is 1.39. The Balaban J connectivity index is 1.70. The molecule has 0 aliphatic heterocycles. The Morgan fingerprint density at radius 3 is 2.39 bits per heavy atom. The Kier molecular flexibility index (Phi) is 9.03. The summed E-state index contributed by atoms with van der Waals surface area (Å²) in [5, 5.41) is 15.3. The number of nitrogens with one attached hydrogen (secondary N) is 2. The molecule has 2 N–H and O–H groups in total. The summed E-state index contributed by atoms with van der Waals surface area (Å²) in [7, 11) is 0. The van der Waals surface area contributed by atoms with Crippen LogP contribution in [0.15, 0.2) is 66.2 Å². The predicted octanol–water partition coefficient (Wildman–Crippen LogP) is 5.75. The molecule has 2 amide bonds. The van der Waals surface area contributed by atoms with Gasteiger partial charge in [0.2, 0.25) is 0 Å².